The first-order valence-electron chi connectivity index (χ1n) is 5.09. The number of hydrogen-bond acceptors (Lipinski definition) is 4. The zero-order valence-electron chi connectivity index (χ0n) is 8.96. The highest BCUT2D eigenvalue weighted by Crippen LogP contribution is 2.22. The Labute approximate surface area is 93.1 Å². The molecule has 4 nitrogen and oxygen atoms in total. The first kappa shape index (κ1) is 10.6. The lowest BCUT2D eigenvalue weighted by Crippen LogP contribution is -2.47. The quantitative estimate of drug-likeness (QED) is 0.802. The van der Waals surface area contributed by atoms with Gasteiger partial charge in [-0.3, -0.25) is 4.79 Å². The summed E-state index contributed by atoms with van der Waals surface area (Å²) < 4.78 is 0. The maximum Gasteiger partial charge on any atom is 0.246 e. The zero-order valence-corrected chi connectivity index (χ0v) is 9.78. The second kappa shape index (κ2) is 3.90. The van der Waals surface area contributed by atoms with Gasteiger partial charge >= 0.3 is 0 Å². The zero-order chi connectivity index (χ0) is 10.9. The fourth-order valence-corrected chi connectivity index (χ4v) is 2.42. The molecule has 0 aromatic carbocycles. The van der Waals surface area contributed by atoms with Gasteiger partial charge in [-0.2, -0.15) is 0 Å². The van der Waals surface area contributed by atoms with Gasteiger partial charge in [0.05, 0.1) is 11.2 Å². The molecule has 0 spiro atoms. The predicted molar refractivity (Wildman–Crippen MR) is 61.1 cm³/mol. The molecule has 1 aromatic rings. The molecular formula is C10H15N3OS. The van der Waals surface area contributed by atoms with Gasteiger partial charge in [0, 0.05) is 5.38 Å². The van der Waals surface area contributed by atoms with Gasteiger partial charge in [-0.05, 0) is 33.2 Å². The Bertz CT molecular complexity index is 368. The highest BCUT2D eigenvalue weighted by atomic mass is 32.1. The van der Waals surface area contributed by atoms with Crippen molar-refractivity contribution in [2.45, 2.75) is 32.2 Å². The minimum atomic E-state index is -0.417. The number of amides is 1. The minimum absolute atomic E-state index is 0.0225. The summed E-state index contributed by atoms with van der Waals surface area (Å²) in [7, 11) is 0. The Hall–Kier alpha value is -0.940. The number of aromatic nitrogens is 1. The van der Waals surface area contributed by atoms with Crippen molar-refractivity contribution in [3.63, 3.8) is 0 Å². The Morgan fingerprint density at radius 3 is 3.07 bits per heavy atom. The number of thiazole rings is 1. The van der Waals surface area contributed by atoms with Gasteiger partial charge in [-0.1, -0.05) is 0 Å². The molecule has 0 saturated carbocycles. The molecule has 1 aliphatic heterocycles. The van der Waals surface area contributed by atoms with Crippen molar-refractivity contribution >= 4 is 22.4 Å². The van der Waals surface area contributed by atoms with Crippen LogP contribution in [0.25, 0.3) is 0 Å². The van der Waals surface area contributed by atoms with Crippen LogP contribution >= 0.6 is 11.3 Å². The lowest BCUT2D eigenvalue weighted by atomic mass is 10.00. The molecule has 1 unspecified atom stereocenters. The largest absolute Gasteiger partial charge is 0.304 e. The lowest BCUT2D eigenvalue weighted by molar-refractivity contribution is -0.121. The van der Waals surface area contributed by atoms with Gasteiger partial charge in [-0.25, -0.2) is 4.98 Å². The van der Waals surface area contributed by atoms with E-state index >= 15 is 0 Å². The predicted octanol–water partition coefficient (Wildman–Crippen LogP) is 1.53. The maximum atomic E-state index is 11.9. The van der Waals surface area contributed by atoms with E-state index in [1.807, 2.05) is 19.2 Å². The number of hydrogen-bond donors (Lipinski definition) is 2. The van der Waals surface area contributed by atoms with Crippen LogP contribution in [0, 0.1) is 6.92 Å². The lowest BCUT2D eigenvalue weighted by Gasteiger charge is -2.21. The number of carbonyl (C=O) groups excluding carboxylic acids is 1. The van der Waals surface area contributed by atoms with E-state index in [1.54, 1.807) is 0 Å². The molecule has 0 radical (unpaired) electrons. The minimum Gasteiger partial charge on any atom is -0.304 e. The van der Waals surface area contributed by atoms with Crippen molar-refractivity contribution in [3.05, 3.63) is 11.1 Å². The van der Waals surface area contributed by atoms with E-state index in [-0.39, 0.29) is 5.91 Å². The Kier molecular flexibility index (Phi) is 2.75. The molecule has 1 fully saturated rings. The van der Waals surface area contributed by atoms with E-state index < -0.39 is 5.54 Å². The summed E-state index contributed by atoms with van der Waals surface area (Å²) in [5, 5.41) is 8.69. The average molecular weight is 225 g/mol. The van der Waals surface area contributed by atoms with E-state index in [4.69, 9.17) is 0 Å². The molecule has 1 saturated heterocycles. The molecular weight excluding hydrogens is 210 g/mol. The van der Waals surface area contributed by atoms with Crippen molar-refractivity contribution < 1.29 is 4.79 Å². The normalized spacial score (nSPS) is 25.5. The fraction of sp³-hybridized carbons (Fsp3) is 0.600. The molecule has 82 valence electrons. The second-order valence-corrected chi connectivity index (χ2v) is 4.97. The van der Waals surface area contributed by atoms with Crippen LogP contribution in [0.4, 0.5) is 5.13 Å². The highest BCUT2D eigenvalue weighted by Gasteiger charge is 2.36. The van der Waals surface area contributed by atoms with Crippen LogP contribution < -0.4 is 10.6 Å². The summed E-state index contributed by atoms with van der Waals surface area (Å²) in [5.41, 5.74) is 0.527. The number of carbonyl (C=O) groups is 1. The van der Waals surface area contributed by atoms with Crippen LogP contribution in [-0.2, 0) is 4.79 Å². The number of anilines is 1. The van der Waals surface area contributed by atoms with Crippen LogP contribution in [0.5, 0.6) is 0 Å². The third-order valence-electron chi connectivity index (χ3n) is 2.71. The molecule has 1 amide bonds. The molecule has 1 aliphatic rings. The van der Waals surface area contributed by atoms with E-state index in [9.17, 15) is 4.79 Å². The van der Waals surface area contributed by atoms with Gasteiger partial charge < -0.3 is 10.6 Å². The van der Waals surface area contributed by atoms with E-state index in [0.29, 0.717) is 5.13 Å². The molecule has 2 N–H and O–H groups in total. The average Bonchev–Trinajstić information content (AvgIpc) is 2.76. The van der Waals surface area contributed by atoms with Crippen molar-refractivity contribution in [2.75, 3.05) is 11.9 Å². The Balaban J connectivity index is 2.03. The summed E-state index contributed by atoms with van der Waals surface area (Å²) in [6.07, 6.45) is 1.95. The Morgan fingerprint density at radius 1 is 1.73 bits per heavy atom. The first-order chi connectivity index (χ1) is 7.10. The van der Waals surface area contributed by atoms with Gasteiger partial charge in [0.15, 0.2) is 5.13 Å². The molecule has 0 bridgehead atoms. The topological polar surface area (TPSA) is 54.0 Å². The summed E-state index contributed by atoms with van der Waals surface area (Å²) >= 11 is 1.46. The van der Waals surface area contributed by atoms with Crippen molar-refractivity contribution in [2.24, 2.45) is 0 Å². The van der Waals surface area contributed by atoms with Gasteiger partial charge in [0.25, 0.3) is 0 Å². The number of rotatable bonds is 2. The Morgan fingerprint density at radius 2 is 2.53 bits per heavy atom. The maximum absolute atomic E-state index is 11.9. The van der Waals surface area contributed by atoms with Gasteiger partial charge in [0.1, 0.15) is 0 Å². The number of nitrogens with one attached hydrogen (secondary N) is 2. The van der Waals surface area contributed by atoms with Crippen molar-refractivity contribution in [1.29, 1.82) is 0 Å². The standard InChI is InChI=1S/C10H15N3OS/c1-7-6-15-9(12-7)13-8(14)10(2)4-3-5-11-10/h6,11H,3-5H2,1-2H3,(H,12,13,14). The third-order valence-corrected chi connectivity index (χ3v) is 3.58. The molecule has 15 heavy (non-hydrogen) atoms. The first-order valence-corrected chi connectivity index (χ1v) is 5.97. The van der Waals surface area contributed by atoms with Crippen LogP contribution in [0.2, 0.25) is 0 Å². The van der Waals surface area contributed by atoms with Crippen molar-refractivity contribution in [1.82, 2.24) is 10.3 Å². The molecule has 2 heterocycles. The summed E-state index contributed by atoms with van der Waals surface area (Å²) in [6, 6.07) is 0. The summed E-state index contributed by atoms with van der Waals surface area (Å²) in [5.74, 6) is 0.0225. The SMILES string of the molecule is Cc1csc(NC(=O)C2(C)CCCN2)n1. The van der Waals surface area contributed by atoms with Crippen LogP contribution in [-0.4, -0.2) is 23.0 Å². The molecule has 1 aromatic heterocycles. The molecule has 5 heteroatoms. The number of nitrogens with zero attached hydrogens (tertiary/aromatic N) is 1. The molecule has 2 rings (SSSR count). The smallest absolute Gasteiger partial charge is 0.246 e. The second-order valence-electron chi connectivity index (χ2n) is 4.11. The third kappa shape index (κ3) is 2.18. The van der Waals surface area contributed by atoms with E-state index in [0.717, 1.165) is 25.1 Å². The molecule has 0 aliphatic carbocycles. The van der Waals surface area contributed by atoms with Crippen LogP contribution in [0.3, 0.4) is 0 Å². The van der Waals surface area contributed by atoms with E-state index in [2.05, 4.69) is 15.6 Å². The van der Waals surface area contributed by atoms with Gasteiger partial charge in [0.2, 0.25) is 5.91 Å². The number of aryl methyl sites for hydroxylation is 1. The van der Waals surface area contributed by atoms with Crippen LogP contribution in [0.1, 0.15) is 25.5 Å². The van der Waals surface area contributed by atoms with Gasteiger partial charge in [-0.15, -0.1) is 11.3 Å². The monoisotopic (exact) mass is 225 g/mol. The summed E-state index contributed by atoms with van der Waals surface area (Å²) in [4.78, 5) is 16.2. The van der Waals surface area contributed by atoms with E-state index in [1.165, 1.54) is 11.3 Å². The van der Waals surface area contributed by atoms with Crippen molar-refractivity contribution in [3.8, 4) is 0 Å². The molecule has 1 atom stereocenters. The summed E-state index contributed by atoms with van der Waals surface area (Å²) in [6.45, 7) is 4.78. The van der Waals surface area contributed by atoms with Crippen LogP contribution in [0.15, 0.2) is 5.38 Å². The highest BCUT2D eigenvalue weighted by molar-refractivity contribution is 7.13. The fourth-order valence-electron chi connectivity index (χ4n) is 1.73.